The average molecular weight is 425 g/mol. The van der Waals surface area contributed by atoms with Crippen LogP contribution in [0.4, 0.5) is 0 Å². The molecule has 1 aromatic carbocycles. The Morgan fingerprint density at radius 2 is 1.97 bits per heavy atom. The number of rotatable bonds is 8. The third-order valence-corrected chi connectivity index (χ3v) is 6.24. The average Bonchev–Trinajstić information content (AvgIpc) is 2.64. The van der Waals surface area contributed by atoms with E-state index in [-0.39, 0.29) is 6.10 Å². The third kappa shape index (κ3) is 7.85. The van der Waals surface area contributed by atoms with Gasteiger partial charge in [-0.05, 0) is 58.1 Å². The van der Waals surface area contributed by atoms with Crippen molar-refractivity contribution in [2.75, 3.05) is 32.4 Å². The van der Waals surface area contributed by atoms with Gasteiger partial charge in [0.05, 0.1) is 18.9 Å². The van der Waals surface area contributed by atoms with Gasteiger partial charge in [-0.2, -0.15) is 0 Å². The molecule has 0 atom stereocenters. The van der Waals surface area contributed by atoms with Crippen molar-refractivity contribution in [3.05, 3.63) is 29.3 Å². The highest BCUT2D eigenvalue weighted by molar-refractivity contribution is 7.88. The van der Waals surface area contributed by atoms with E-state index in [0.29, 0.717) is 25.6 Å². The largest absolute Gasteiger partial charge is 0.491 e. The van der Waals surface area contributed by atoms with Gasteiger partial charge in [0.15, 0.2) is 5.96 Å². The number of benzene rings is 1. The fourth-order valence-corrected chi connectivity index (χ4v) is 4.22. The summed E-state index contributed by atoms with van der Waals surface area (Å²) < 4.78 is 30.8. The molecule has 0 saturated carbocycles. The molecule has 0 aliphatic carbocycles. The minimum absolute atomic E-state index is 0.115. The quantitative estimate of drug-likeness (QED) is 0.495. The van der Waals surface area contributed by atoms with Crippen LogP contribution in [0.25, 0.3) is 0 Å². The number of hydrogen-bond donors (Lipinski definition) is 2. The molecule has 0 amide bonds. The smallest absolute Gasteiger partial charge is 0.211 e. The molecular formula is C21H36N4O3S. The molecule has 0 radical (unpaired) electrons. The van der Waals surface area contributed by atoms with Crippen molar-refractivity contribution in [3.63, 3.8) is 0 Å². The van der Waals surface area contributed by atoms with Crippen molar-refractivity contribution < 1.29 is 13.2 Å². The lowest BCUT2D eigenvalue weighted by Gasteiger charge is -2.30. The van der Waals surface area contributed by atoms with Gasteiger partial charge in [-0.25, -0.2) is 17.7 Å². The molecular weight excluding hydrogens is 388 g/mol. The van der Waals surface area contributed by atoms with Crippen LogP contribution < -0.4 is 15.4 Å². The van der Waals surface area contributed by atoms with Gasteiger partial charge in [-0.1, -0.05) is 12.1 Å². The summed E-state index contributed by atoms with van der Waals surface area (Å²) in [6.07, 6.45) is 3.13. The topological polar surface area (TPSA) is 83.0 Å². The number of nitrogens with one attached hydrogen (secondary N) is 2. The van der Waals surface area contributed by atoms with E-state index in [1.54, 1.807) is 4.31 Å². The molecule has 1 saturated heterocycles. The molecule has 0 unspecified atom stereocenters. The maximum atomic E-state index is 11.7. The molecule has 1 aliphatic heterocycles. The zero-order valence-electron chi connectivity index (χ0n) is 18.4. The first-order valence-corrected chi connectivity index (χ1v) is 12.3. The molecule has 29 heavy (non-hydrogen) atoms. The summed E-state index contributed by atoms with van der Waals surface area (Å²) in [6, 6.07) is 6.20. The summed E-state index contributed by atoms with van der Waals surface area (Å²) in [6.45, 7) is 11.4. The van der Waals surface area contributed by atoms with Gasteiger partial charge in [0.1, 0.15) is 5.75 Å². The highest BCUT2D eigenvalue weighted by Gasteiger charge is 2.24. The summed E-state index contributed by atoms with van der Waals surface area (Å²) in [5.74, 6) is 2.10. The second kappa shape index (κ2) is 10.8. The number of sulfonamides is 1. The van der Waals surface area contributed by atoms with Crippen LogP contribution in [0.15, 0.2) is 23.2 Å². The Morgan fingerprint density at radius 1 is 1.28 bits per heavy atom. The van der Waals surface area contributed by atoms with Crippen LogP contribution in [0, 0.1) is 12.8 Å². The molecule has 2 rings (SSSR count). The fraction of sp³-hybridized carbons (Fsp3) is 0.667. The molecule has 1 heterocycles. The SMILES string of the molecule is CCNC(=NCc1ccc(C)cc1OC(C)C)NCC1CCN(S(C)(=O)=O)CC1. The lowest BCUT2D eigenvalue weighted by molar-refractivity contribution is 0.240. The van der Waals surface area contributed by atoms with E-state index in [1.807, 2.05) is 20.8 Å². The van der Waals surface area contributed by atoms with Crippen LogP contribution in [0.3, 0.4) is 0 Å². The second-order valence-corrected chi connectivity index (χ2v) is 9.94. The monoisotopic (exact) mass is 424 g/mol. The normalized spacial score (nSPS) is 16.8. The molecule has 164 valence electrons. The molecule has 0 bridgehead atoms. The molecule has 0 spiro atoms. The predicted octanol–water partition coefficient (Wildman–Crippen LogP) is 2.51. The standard InChI is InChI=1S/C21H36N4O3S/c1-6-22-21(23-14-18-9-11-25(12-10-18)29(5,26)27)24-15-19-8-7-17(4)13-20(19)28-16(2)3/h7-8,13,16,18H,6,9-12,14-15H2,1-5H3,(H2,22,23,24). The Kier molecular flexibility index (Phi) is 8.77. The Morgan fingerprint density at radius 3 is 2.55 bits per heavy atom. The third-order valence-electron chi connectivity index (χ3n) is 4.94. The number of hydrogen-bond acceptors (Lipinski definition) is 4. The van der Waals surface area contributed by atoms with Crippen LogP contribution in [0.2, 0.25) is 0 Å². The van der Waals surface area contributed by atoms with Gasteiger partial charge in [-0.15, -0.1) is 0 Å². The summed E-state index contributed by atoms with van der Waals surface area (Å²) in [4.78, 5) is 4.73. The van der Waals surface area contributed by atoms with Gasteiger partial charge >= 0.3 is 0 Å². The van der Waals surface area contributed by atoms with Gasteiger partial charge in [0.25, 0.3) is 0 Å². The highest BCUT2D eigenvalue weighted by Crippen LogP contribution is 2.22. The summed E-state index contributed by atoms with van der Waals surface area (Å²) >= 11 is 0. The fourth-order valence-electron chi connectivity index (χ4n) is 3.35. The van der Waals surface area contributed by atoms with Crippen molar-refractivity contribution in [1.29, 1.82) is 0 Å². The molecule has 8 heteroatoms. The maximum absolute atomic E-state index is 11.7. The van der Waals surface area contributed by atoms with E-state index in [0.717, 1.165) is 43.2 Å². The van der Waals surface area contributed by atoms with Crippen LogP contribution in [-0.4, -0.2) is 57.2 Å². The predicted molar refractivity (Wildman–Crippen MR) is 119 cm³/mol. The first-order chi connectivity index (χ1) is 13.7. The zero-order valence-corrected chi connectivity index (χ0v) is 19.2. The number of aliphatic imine (C=N–C) groups is 1. The van der Waals surface area contributed by atoms with Crippen molar-refractivity contribution in [3.8, 4) is 5.75 Å². The minimum atomic E-state index is -3.08. The van der Waals surface area contributed by atoms with Gasteiger partial charge in [-0.3, -0.25) is 0 Å². The number of guanidine groups is 1. The van der Waals surface area contributed by atoms with Crippen molar-refractivity contribution in [1.82, 2.24) is 14.9 Å². The number of ether oxygens (including phenoxy) is 1. The van der Waals surface area contributed by atoms with E-state index < -0.39 is 10.0 Å². The Bertz CT molecular complexity index is 785. The molecule has 1 fully saturated rings. The lowest BCUT2D eigenvalue weighted by atomic mass is 9.98. The summed E-state index contributed by atoms with van der Waals surface area (Å²) in [7, 11) is -3.08. The number of piperidine rings is 1. The van der Waals surface area contributed by atoms with Gasteiger partial charge < -0.3 is 15.4 Å². The Hall–Kier alpha value is -1.80. The first-order valence-electron chi connectivity index (χ1n) is 10.4. The molecule has 1 aromatic rings. The van der Waals surface area contributed by atoms with E-state index in [2.05, 4.69) is 35.8 Å². The van der Waals surface area contributed by atoms with E-state index >= 15 is 0 Å². The van der Waals surface area contributed by atoms with E-state index in [9.17, 15) is 8.42 Å². The van der Waals surface area contributed by atoms with Crippen LogP contribution in [-0.2, 0) is 16.6 Å². The van der Waals surface area contributed by atoms with Crippen molar-refractivity contribution in [2.24, 2.45) is 10.9 Å². The van der Waals surface area contributed by atoms with Crippen molar-refractivity contribution in [2.45, 2.75) is 53.2 Å². The van der Waals surface area contributed by atoms with E-state index in [4.69, 9.17) is 9.73 Å². The lowest BCUT2D eigenvalue weighted by Crippen LogP contribution is -2.44. The zero-order chi connectivity index (χ0) is 21.4. The first kappa shape index (κ1) is 23.5. The Balaban J connectivity index is 1.95. The molecule has 7 nitrogen and oxygen atoms in total. The van der Waals surface area contributed by atoms with Crippen LogP contribution in [0.5, 0.6) is 5.75 Å². The molecule has 2 N–H and O–H groups in total. The van der Waals surface area contributed by atoms with Crippen molar-refractivity contribution >= 4 is 16.0 Å². The Labute approximate surface area is 176 Å². The minimum Gasteiger partial charge on any atom is -0.491 e. The van der Waals surface area contributed by atoms with E-state index in [1.165, 1.54) is 11.8 Å². The molecule has 0 aromatic heterocycles. The summed E-state index contributed by atoms with van der Waals surface area (Å²) in [5, 5.41) is 6.70. The second-order valence-electron chi connectivity index (χ2n) is 7.96. The van der Waals surface area contributed by atoms with Crippen LogP contribution >= 0.6 is 0 Å². The van der Waals surface area contributed by atoms with Gasteiger partial charge in [0.2, 0.25) is 10.0 Å². The van der Waals surface area contributed by atoms with Crippen LogP contribution in [0.1, 0.15) is 44.7 Å². The number of aryl methyl sites for hydroxylation is 1. The number of nitrogens with zero attached hydrogens (tertiary/aromatic N) is 2. The summed E-state index contributed by atoms with van der Waals surface area (Å²) in [5.41, 5.74) is 2.22. The maximum Gasteiger partial charge on any atom is 0.211 e. The van der Waals surface area contributed by atoms with Gasteiger partial charge in [0, 0.05) is 31.7 Å². The highest BCUT2D eigenvalue weighted by atomic mass is 32.2. The molecule has 1 aliphatic rings.